The van der Waals surface area contributed by atoms with Crippen LogP contribution in [0.1, 0.15) is 30.7 Å². The molecule has 0 saturated carbocycles. The third kappa shape index (κ3) is 7.08. The minimum absolute atomic E-state index is 0.0856. The van der Waals surface area contributed by atoms with Gasteiger partial charge >= 0.3 is 0 Å². The largest absolute Gasteiger partial charge is 0.480 e. The molecule has 46 heavy (non-hydrogen) atoms. The summed E-state index contributed by atoms with van der Waals surface area (Å²) in [5.41, 5.74) is 5.36. The van der Waals surface area contributed by atoms with E-state index in [0.717, 1.165) is 30.6 Å². The molecule has 2 aromatic carbocycles. The molecule has 6 rings (SSSR count). The third-order valence-electron chi connectivity index (χ3n) is 8.11. The van der Waals surface area contributed by atoms with Crippen LogP contribution < -0.4 is 25.4 Å². The van der Waals surface area contributed by atoms with Gasteiger partial charge in [-0.25, -0.2) is 9.97 Å². The normalized spacial score (nSPS) is 17.7. The summed E-state index contributed by atoms with van der Waals surface area (Å²) in [6.07, 6.45) is 5.72. The highest BCUT2D eigenvalue weighted by Crippen LogP contribution is 2.42. The molecule has 13 heteroatoms. The van der Waals surface area contributed by atoms with E-state index < -0.39 is 0 Å². The van der Waals surface area contributed by atoms with Gasteiger partial charge in [0.15, 0.2) is 0 Å². The molecule has 2 aliphatic rings. The number of ether oxygens (including phenoxy) is 3. The van der Waals surface area contributed by atoms with Crippen molar-refractivity contribution in [2.24, 2.45) is 0 Å². The molecule has 0 spiro atoms. The standard InChI is InChI=1S/C33H35Cl2N7O4/c1-44-32-27(14-36-13-19-9-10-29(43)40-19)38-15-25(41-32)23-7-3-5-21(30(23)34)22-6-4-8-24(31(22)35)26-16-39-28(33(42-26)45-2)17-37-20-11-12-46-18-20/h3-8,15-16,19-20,36-37H,9-14,17-18H2,1-2H3,(H,40,43)/t19-,20-/m0/s1. The Morgan fingerprint density at radius 3 is 1.98 bits per heavy atom. The number of carbonyl (C=O) groups excluding carboxylic acids is 1. The molecular formula is C33H35Cl2N7O4. The minimum atomic E-state index is 0.0856. The average Bonchev–Trinajstić information content (AvgIpc) is 3.76. The van der Waals surface area contributed by atoms with E-state index in [9.17, 15) is 4.79 Å². The number of benzene rings is 2. The zero-order valence-electron chi connectivity index (χ0n) is 25.6. The molecule has 0 aliphatic carbocycles. The SMILES string of the molecule is COc1nc(-c2cccc(-c3cccc(-c4cnc(CN[C@H]5CCOC5)c(OC)n4)c3Cl)c2Cl)cnc1CNC[C@@H]1CCC(=O)N1. The van der Waals surface area contributed by atoms with Crippen LogP contribution in [0.15, 0.2) is 48.8 Å². The summed E-state index contributed by atoms with van der Waals surface area (Å²) < 4.78 is 16.6. The van der Waals surface area contributed by atoms with E-state index in [1.807, 2.05) is 36.4 Å². The number of nitrogens with one attached hydrogen (secondary N) is 3. The first-order chi connectivity index (χ1) is 22.4. The summed E-state index contributed by atoms with van der Waals surface area (Å²) in [5, 5.41) is 10.7. The van der Waals surface area contributed by atoms with Gasteiger partial charge in [0, 0.05) is 67.0 Å². The van der Waals surface area contributed by atoms with Gasteiger partial charge in [0.25, 0.3) is 0 Å². The van der Waals surface area contributed by atoms with Crippen molar-refractivity contribution in [3.8, 4) is 45.4 Å². The highest BCUT2D eigenvalue weighted by molar-refractivity contribution is 6.39. The summed E-state index contributed by atoms with van der Waals surface area (Å²) >= 11 is 14.1. The first-order valence-electron chi connectivity index (χ1n) is 15.1. The Morgan fingerprint density at radius 2 is 1.46 bits per heavy atom. The number of hydrogen-bond acceptors (Lipinski definition) is 10. The summed E-state index contributed by atoms with van der Waals surface area (Å²) in [6, 6.07) is 11.8. The van der Waals surface area contributed by atoms with Crippen molar-refractivity contribution in [3.63, 3.8) is 0 Å². The number of carbonyl (C=O) groups is 1. The highest BCUT2D eigenvalue weighted by atomic mass is 35.5. The summed E-state index contributed by atoms with van der Waals surface area (Å²) in [7, 11) is 3.14. The fraction of sp³-hybridized carbons (Fsp3) is 0.364. The van der Waals surface area contributed by atoms with Crippen molar-refractivity contribution in [1.29, 1.82) is 0 Å². The van der Waals surface area contributed by atoms with Crippen LogP contribution in [0.3, 0.4) is 0 Å². The zero-order chi connectivity index (χ0) is 32.0. The maximum absolute atomic E-state index is 11.5. The van der Waals surface area contributed by atoms with Crippen LogP contribution in [-0.2, 0) is 22.6 Å². The molecule has 2 aromatic heterocycles. The number of hydrogen-bond donors (Lipinski definition) is 3. The summed E-state index contributed by atoms with van der Waals surface area (Å²) in [6.45, 7) is 3.05. The van der Waals surface area contributed by atoms with E-state index in [1.54, 1.807) is 26.6 Å². The second kappa shape index (κ2) is 14.7. The number of methoxy groups -OCH3 is 2. The van der Waals surface area contributed by atoms with Gasteiger partial charge in [0.2, 0.25) is 17.7 Å². The van der Waals surface area contributed by atoms with Crippen molar-refractivity contribution in [2.45, 2.75) is 44.4 Å². The lowest BCUT2D eigenvalue weighted by molar-refractivity contribution is -0.119. The Labute approximate surface area is 277 Å². The van der Waals surface area contributed by atoms with Gasteiger partial charge in [-0.1, -0.05) is 59.6 Å². The topological polar surface area (TPSA) is 132 Å². The van der Waals surface area contributed by atoms with Crippen LogP contribution in [0.5, 0.6) is 11.8 Å². The predicted octanol–water partition coefficient (Wildman–Crippen LogP) is 4.84. The number of aromatic nitrogens is 4. The van der Waals surface area contributed by atoms with Gasteiger partial charge < -0.3 is 30.2 Å². The van der Waals surface area contributed by atoms with Crippen LogP contribution in [-0.4, -0.2) is 71.9 Å². The van der Waals surface area contributed by atoms with Crippen molar-refractivity contribution < 1.29 is 19.0 Å². The quantitative estimate of drug-likeness (QED) is 0.193. The smallest absolute Gasteiger partial charge is 0.237 e. The predicted molar refractivity (Wildman–Crippen MR) is 176 cm³/mol. The molecule has 2 saturated heterocycles. The third-order valence-corrected chi connectivity index (χ3v) is 8.92. The summed E-state index contributed by atoms with van der Waals surface area (Å²) in [5.74, 6) is 0.911. The van der Waals surface area contributed by atoms with Gasteiger partial charge in [-0.3, -0.25) is 14.8 Å². The molecule has 0 bridgehead atoms. The Hall–Kier alpha value is -3.87. The van der Waals surface area contributed by atoms with Gasteiger partial charge in [0.05, 0.1) is 54.7 Å². The average molecular weight is 665 g/mol. The van der Waals surface area contributed by atoms with Gasteiger partial charge in [-0.05, 0) is 12.8 Å². The number of halogens is 2. The van der Waals surface area contributed by atoms with Gasteiger partial charge in [0.1, 0.15) is 11.4 Å². The Bertz CT molecular complexity index is 1720. The Balaban J connectivity index is 1.23. The molecule has 11 nitrogen and oxygen atoms in total. The lowest BCUT2D eigenvalue weighted by atomic mass is 9.98. The first-order valence-corrected chi connectivity index (χ1v) is 15.9. The molecule has 240 valence electrons. The lowest BCUT2D eigenvalue weighted by Crippen LogP contribution is -2.35. The first kappa shape index (κ1) is 32.1. The fourth-order valence-electron chi connectivity index (χ4n) is 5.63. The second-order valence-corrected chi connectivity index (χ2v) is 11.9. The van der Waals surface area contributed by atoms with E-state index in [1.165, 1.54) is 0 Å². The maximum Gasteiger partial charge on any atom is 0.237 e. The van der Waals surface area contributed by atoms with Gasteiger partial charge in [-0.15, -0.1) is 0 Å². The number of amides is 1. The van der Waals surface area contributed by atoms with Crippen molar-refractivity contribution in [3.05, 3.63) is 70.2 Å². The van der Waals surface area contributed by atoms with E-state index >= 15 is 0 Å². The van der Waals surface area contributed by atoms with Crippen LogP contribution in [0.25, 0.3) is 33.6 Å². The molecule has 1 amide bonds. The van der Waals surface area contributed by atoms with Crippen molar-refractivity contribution in [1.82, 2.24) is 35.9 Å². The molecule has 2 atom stereocenters. The Morgan fingerprint density at radius 1 is 0.870 bits per heavy atom. The molecule has 4 heterocycles. The van der Waals surface area contributed by atoms with Crippen molar-refractivity contribution >= 4 is 29.1 Å². The van der Waals surface area contributed by atoms with Crippen LogP contribution in [0.4, 0.5) is 0 Å². The molecule has 4 aromatic rings. The highest BCUT2D eigenvalue weighted by Gasteiger charge is 2.22. The zero-order valence-corrected chi connectivity index (χ0v) is 27.1. The molecule has 2 aliphatic heterocycles. The van der Waals surface area contributed by atoms with E-state index in [4.69, 9.17) is 47.4 Å². The van der Waals surface area contributed by atoms with Gasteiger partial charge in [-0.2, -0.15) is 0 Å². The number of rotatable bonds is 12. The monoisotopic (exact) mass is 663 g/mol. The van der Waals surface area contributed by atoms with Crippen molar-refractivity contribution in [2.75, 3.05) is 34.0 Å². The Kier molecular flexibility index (Phi) is 10.3. The van der Waals surface area contributed by atoms with Crippen LogP contribution in [0, 0.1) is 0 Å². The van der Waals surface area contributed by atoms with Crippen LogP contribution in [0.2, 0.25) is 10.0 Å². The fourth-order valence-corrected chi connectivity index (χ4v) is 6.28. The molecule has 3 N–H and O–H groups in total. The lowest BCUT2D eigenvalue weighted by Gasteiger charge is -2.16. The van der Waals surface area contributed by atoms with E-state index in [2.05, 4.69) is 25.9 Å². The maximum atomic E-state index is 11.5. The minimum Gasteiger partial charge on any atom is -0.480 e. The number of nitrogens with zero attached hydrogens (tertiary/aromatic N) is 4. The van der Waals surface area contributed by atoms with E-state index in [0.29, 0.717) is 88.4 Å². The second-order valence-electron chi connectivity index (χ2n) is 11.1. The van der Waals surface area contributed by atoms with Crippen LogP contribution >= 0.6 is 23.2 Å². The molecule has 0 unspecified atom stereocenters. The van der Waals surface area contributed by atoms with E-state index in [-0.39, 0.29) is 18.0 Å². The molecule has 2 fully saturated rings. The molecular weight excluding hydrogens is 629 g/mol. The molecule has 0 radical (unpaired) electrons. The summed E-state index contributed by atoms with van der Waals surface area (Å²) in [4.78, 5) is 30.2.